The third kappa shape index (κ3) is 5.75. The summed E-state index contributed by atoms with van der Waals surface area (Å²) < 4.78 is 6.32. The molecule has 0 bridgehead atoms. The molecule has 35 heavy (non-hydrogen) atoms. The Bertz CT molecular complexity index is 1030. The van der Waals surface area contributed by atoms with E-state index in [4.69, 9.17) is 4.74 Å². The number of hydrogen-bond donors (Lipinski definition) is 2. The Balaban J connectivity index is 1.61. The van der Waals surface area contributed by atoms with Gasteiger partial charge in [0.1, 0.15) is 11.7 Å². The van der Waals surface area contributed by atoms with E-state index in [1.807, 2.05) is 44.2 Å². The van der Waals surface area contributed by atoms with Crippen molar-refractivity contribution in [3.05, 3.63) is 48.2 Å². The first kappa shape index (κ1) is 25.0. The summed E-state index contributed by atoms with van der Waals surface area (Å²) >= 11 is 0. The lowest BCUT2D eigenvalue weighted by molar-refractivity contribution is 0.0351. The minimum Gasteiger partial charge on any atom is -0.472 e. The molecule has 1 aliphatic carbocycles. The number of pyridine rings is 1. The summed E-state index contributed by atoms with van der Waals surface area (Å²) in [5, 5.41) is 13.0. The van der Waals surface area contributed by atoms with Gasteiger partial charge in [0, 0.05) is 37.3 Å². The van der Waals surface area contributed by atoms with Gasteiger partial charge in [-0.1, -0.05) is 50.1 Å². The van der Waals surface area contributed by atoms with Crippen LogP contribution in [0.25, 0.3) is 11.1 Å². The van der Waals surface area contributed by atoms with Crippen molar-refractivity contribution in [1.29, 1.82) is 0 Å². The Hall–Kier alpha value is -3.13. The second-order valence-electron chi connectivity index (χ2n) is 9.88. The number of benzene rings is 1. The van der Waals surface area contributed by atoms with Crippen LogP contribution in [-0.2, 0) is 0 Å². The number of nitrogens with one attached hydrogen (secondary N) is 1. The first-order valence-corrected chi connectivity index (χ1v) is 12.5. The van der Waals surface area contributed by atoms with Gasteiger partial charge in [0.2, 0.25) is 5.88 Å². The minimum absolute atomic E-state index is 0.0848. The van der Waals surface area contributed by atoms with Crippen molar-refractivity contribution in [2.24, 2.45) is 5.92 Å². The van der Waals surface area contributed by atoms with Gasteiger partial charge in [0.05, 0.1) is 19.2 Å². The zero-order chi connectivity index (χ0) is 24.9. The topological polar surface area (TPSA) is 95.0 Å². The van der Waals surface area contributed by atoms with Crippen LogP contribution < -0.4 is 10.1 Å². The zero-order valence-electron chi connectivity index (χ0n) is 20.8. The van der Waals surface area contributed by atoms with Crippen molar-refractivity contribution >= 4 is 11.9 Å². The van der Waals surface area contributed by atoms with Gasteiger partial charge in [0.25, 0.3) is 5.91 Å². The van der Waals surface area contributed by atoms with Crippen LogP contribution in [0.4, 0.5) is 4.79 Å². The van der Waals surface area contributed by atoms with E-state index in [1.165, 1.54) is 0 Å². The molecule has 0 saturated heterocycles. The SMILES string of the molecule is C[C@@H]1CN([C@@H](C)CO)C(=O)c2cc(-c3ccccc3)cnc2O[C@@H]1CN(C)C(=O)NC1CCCC1. The van der Waals surface area contributed by atoms with Crippen LogP contribution in [0, 0.1) is 5.92 Å². The number of aliphatic hydroxyl groups is 1. The van der Waals surface area contributed by atoms with Crippen LogP contribution in [0.3, 0.4) is 0 Å². The van der Waals surface area contributed by atoms with Gasteiger partial charge in [-0.05, 0) is 31.4 Å². The Kier molecular flexibility index (Phi) is 7.90. The fourth-order valence-electron chi connectivity index (χ4n) is 4.82. The van der Waals surface area contributed by atoms with Crippen molar-refractivity contribution < 1.29 is 19.4 Å². The molecule has 2 heterocycles. The zero-order valence-corrected chi connectivity index (χ0v) is 20.8. The van der Waals surface area contributed by atoms with Crippen LogP contribution >= 0.6 is 0 Å². The van der Waals surface area contributed by atoms with Gasteiger partial charge >= 0.3 is 6.03 Å². The number of aliphatic hydroxyl groups excluding tert-OH is 1. The van der Waals surface area contributed by atoms with Gasteiger partial charge in [-0.3, -0.25) is 4.79 Å². The third-order valence-corrected chi connectivity index (χ3v) is 7.11. The molecule has 1 aromatic heterocycles. The monoisotopic (exact) mass is 480 g/mol. The molecule has 8 nitrogen and oxygen atoms in total. The standard InChI is InChI=1S/C27H36N4O4/c1-18-15-31(19(2)17-32)26(33)23-13-21(20-9-5-4-6-10-20)14-28-25(23)35-24(18)16-30(3)27(34)29-22-11-7-8-12-22/h4-6,9-10,13-14,18-19,22,24,32H,7-8,11-12,15-17H2,1-3H3,(H,29,34)/t18-,19+,24-/m1/s1. The van der Waals surface area contributed by atoms with Gasteiger partial charge in [-0.2, -0.15) is 0 Å². The fourth-order valence-corrected chi connectivity index (χ4v) is 4.82. The maximum Gasteiger partial charge on any atom is 0.317 e. The summed E-state index contributed by atoms with van der Waals surface area (Å²) in [7, 11) is 1.77. The lowest BCUT2D eigenvalue weighted by Gasteiger charge is -2.37. The van der Waals surface area contributed by atoms with E-state index in [0.29, 0.717) is 18.7 Å². The van der Waals surface area contributed by atoms with Crippen molar-refractivity contribution in [2.45, 2.75) is 57.7 Å². The Labute approximate surface area is 207 Å². The number of likely N-dealkylation sites (N-methyl/N-ethyl adjacent to an activating group) is 1. The van der Waals surface area contributed by atoms with Crippen LogP contribution in [0.1, 0.15) is 49.9 Å². The van der Waals surface area contributed by atoms with E-state index in [1.54, 1.807) is 29.1 Å². The fraction of sp³-hybridized carbons (Fsp3) is 0.519. The Morgan fingerprint density at radius 1 is 1.26 bits per heavy atom. The maximum absolute atomic E-state index is 13.6. The van der Waals surface area contributed by atoms with Crippen LogP contribution in [0.2, 0.25) is 0 Å². The smallest absolute Gasteiger partial charge is 0.317 e. The van der Waals surface area contributed by atoms with Crippen molar-refractivity contribution in [3.8, 4) is 17.0 Å². The van der Waals surface area contributed by atoms with Crippen LogP contribution in [0.15, 0.2) is 42.6 Å². The third-order valence-electron chi connectivity index (χ3n) is 7.11. The molecule has 2 aromatic rings. The number of nitrogens with zero attached hydrogens (tertiary/aromatic N) is 3. The van der Waals surface area contributed by atoms with E-state index in [-0.39, 0.29) is 48.5 Å². The first-order valence-electron chi connectivity index (χ1n) is 12.5. The number of carbonyl (C=O) groups excluding carboxylic acids is 2. The van der Waals surface area contributed by atoms with E-state index in [2.05, 4.69) is 10.3 Å². The van der Waals surface area contributed by atoms with Crippen LogP contribution in [0.5, 0.6) is 5.88 Å². The summed E-state index contributed by atoms with van der Waals surface area (Å²) in [6, 6.07) is 11.3. The van der Waals surface area contributed by atoms with E-state index >= 15 is 0 Å². The molecule has 2 N–H and O–H groups in total. The van der Waals surface area contributed by atoms with Gasteiger partial charge in [-0.15, -0.1) is 0 Å². The normalized spacial score (nSPS) is 21.5. The molecule has 0 unspecified atom stereocenters. The van der Waals surface area contributed by atoms with Crippen LogP contribution in [-0.4, -0.2) is 76.8 Å². The summed E-state index contributed by atoms with van der Waals surface area (Å²) in [5.74, 6) is -0.0473. The second-order valence-corrected chi connectivity index (χ2v) is 9.88. The molecule has 0 spiro atoms. The lowest BCUT2D eigenvalue weighted by atomic mass is 9.99. The van der Waals surface area contributed by atoms with E-state index in [0.717, 1.165) is 36.8 Å². The van der Waals surface area contributed by atoms with Crippen molar-refractivity contribution in [3.63, 3.8) is 0 Å². The molecule has 4 rings (SSSR count). The predicted molar refractivity (Wildman–Crippen MR) is 134 cm³/mol. The number of urea groups is 1. The minimum atomic E-state index is -0.371. The van der Waals surface area contributed by atoms with E-state index < -0.39 is 0 Å². The maximum atomic E-state index is 13.6. The molecule has 0 radical (unpaired) electrons. The number of carbonyl (C=O) groups is 2. The summed E-state index contributed by atoms with van der Waals surface area (Å²) in [5.41, 5.74) is 2.13. The summed E-state index contributed by atoms with van der Waals surface area (Å²) in [6.45, 7) is 4.45. The van der Waals surface area contributed by atoms with Crippen molar-refractivity contribution in [1.82, 2.24) is 20.1 Å². The summed E-state index contributed by atoms with van der Waals surface area (Å²) in [4.78, 5) is 34.2. The highest BCUT2D eigenvalue weighted by atomic mass is 16.5. The molecule has 8 heteroatoms. The average molecular weight is 481 g/mol. The number of amides is 3. The number of aromatic nitrogens is 1. The number of hydrogen-bond acceptors (Lipinski definition) is 5. The molecular weight excluding hydrogens is 444 g/mol. The molecule has 1 aliphatic heterocycles. The highest BCUT2D eigenvalue weighted by Gasteiger charge is 2.35. The summed E-state index contributed by atoms with van der Waals surface area (Å²) in [6.07, 6.45) is 5.68. The number of rotatable bonds is 6. The Morgan fingerprint density at radius 2 is 1.97 bits per heavy atom. The largest absolute Gasteiger partial charge is 0.472 e. The van der Waals surface area contributed by atoms with Gasteiger partial charge in [0.15, 0.2) is 0 Å². The van der Waals surface area contributed by atoms with Crippen molar-refractivity contribution in [2.75, 3.05) is 26.7 Å². The van der Waals surface area contributed by atoms with Gasteiger partial charge in [-0.25, -0.2) is 9.78 Å². The number of ether oxygens (including phenoxy) is 1. The Morgan fingerprint density at radius 3 is 2.66 bits per heavy atom. The lowest BCUT2D eigenvalue weighted by Crippen LogP contribution is -2.52. The molecule has 1 aromatic carbocycles. The average Bonchev–Trinajstić information content (AvgIpc) is 3.39. The highest BCUT2D eigenvalue weighted by Crippen LogP contribution is 2.30. The molecule has 188 valence electrons. The predicted octanol–water partition coefficient (Wildman–Crippen LogP) is 3.55. The molecule has 3 atom stereocenters. The second kappa shape index (κ2) is 11.1. The highest BCUT2D eigenvalue weighted by molar-refractivity contribution is 5.98. The van der Waals surface area contributed by atoms with Gasteiger partial charge < -0.3 is 25.0 Å². The van der Waals surface area contributed by atoms with E-state index in [9.17, 15) is 14.7 Å². The molecule has 2 aliphatic rings. The molecule has 1 saturated carbocycles. The quantitative estimate of drug-likeness (QED) is 0.659. The molecule has 1 fully saturated rings. The molecular formula is C27H36N4O4. The molecule has 3 amide bonds. The first-order chi connectivity index (χ1) is 16.9. The number of fused-ring (bicyclic) bond motifs is 1.